The number of hydrogen-bond acceptors (Lipinski definition) is 3. The predicted molar refractivity (Wildman–Crippen MR) is 109 cm³/mol. The number of carbonyl (C=O) groups is 2. The molecule has 2 aromatic carbocycles. The maximum atomic E-state index is 12.9. The number of rotatable bonds is 6. The molecule has 2 aromatic rings. The molecule has 1 amide bonds. The van der Waals surface area contributed by atoms with E-state index in [2.05, 4.69) is 14.1 Å². The van der Waals surface area contributed by atoms with Crippen molar-refractivity contribution in [3.63, 3.8) is 0 Å². The Morgan fingerprint density at radius 3 is 2.29 bits per heavy atom. The van der Waals surface area contributed by atoms with E-state index in [9.17, 15) is 14.7 Å². The zero-order chi connectivity index (χ0) is 20.3. The topological polar surface area (TPSA) is 62.0 Å². The smallest absolute Gasteiger partial charge is 0.295 e. The minimum atomic E-state index is -0.621. The van der Waals surface area contributed by atoms with E-state index < -0.39 is 17.7 Å². The van der Waals surface area contributed by atoms with Gasteiger partial charge in [0.05, 0.1) is 32.3 Å². The molecule has 0 spiro atoms. The van der Waals surface area contributed by atoms with Gasteiger partial charge in [0.25, 0.3) is 11.7 Å². The molecule has 1 aliphatic rings. The van der Waals surface area contributed by atoms with Gasteiger partial charge in [-0.2, -0.15) is 0 Å². The zero-order valence-electron chi connectivity index (χ0n) is 16.6. The van der Waals surface area contributed by atoms with Crippen molar-refractivity contribution in [1.82, 2.24) is 4.90 Å². The molecule has 3 rings (SSSR count). The second-order valence-corrected chi connectivity index (χ2v) is 7.58. The number of nitrogens with zero attached hydrogens (tertiary/aromatic N) is 1. The summed E-state index contributed by atoms with van der Waals surface area (Å²) in [7, 11) is 4.11. The lowest BCUT2D eigenvalue weighted by atomic mass is 9.94. The van der Waals surface area contributed by atoms with Gasteiger partial charge in [0.1, 0.15) is 5.76 Å². The summed E-state index contributed by atoms with van der Waals surface area (Å²) in [5, 5.41) is 10.9. The number of benzene rings is 2. The summed E-state index contributed by atoms with van der Waals surface area (Å²) in [5.41, 5.74) is 2.63. The van der Waals surface area contributed by atoms with Crippen LogP contribution in [0.1, 0.15) is 29.2 Å². The third-order valence-corrected chi connectivity index (χ3v) is 5.06. The van der Waals surface area contributed by atoms with Crippen LogP contribution in [0.15, 0.2) is 60.2 Å². The summed E-state index contributed by atoms with van der Waals surface area (Å²) < 4.78 is 0. The number of nitrogens with one attached hydrogen (secondary N) is 1. The Balaban J connectivity index is 2.07. The number of amides is 1. The maximum Gasteiger partial charge on any atom is 0.295 e. The first-order chi connectivity index (χ1) is 13.4. The summed E-state index contributed by atoms with van der Waals surface area (Å²) in [6.07, 6.45) is 0.781. The molecule has 0 unspecified atom stereocenters. The van der Waals surface area contributed by atoms with Crippen molar-refractivity contribution < 1.29 is 19.6 Å². The molecule has 0 aromatic heterocycles. The van der Waals surface area contributed by atoms with Gasteiger partial charge in [-0.15, -0.1) is 0 Å². The lowest BCUT2D eigenvalue weighted by molar-refractivity contribution is -0.858. The third kappa shape index (κ3) is 3.99. The SMILES string of the molecule is Cc1ccc([C@@H]2C(=C(O)c3ccccc3)C(=O)C(=O)N2CCC[NH+](C)C)cc1. The van der Waals surface area contributed by atoms with Gasteiger partial charge in [-0.05, 0) is 12.5 Å². The van der Waals surface area contributed by atoms with Crippen molar-refractivity contribution in [2.45, 2.75) is 19.4 Å². The molecule has 2 N–H and O–H groups in total. The van der Waals surface area contributed by atoms with Gasteiger partial charge in [-0.3, -0.25) is 9.59 Å². The first-order valence-electron chi connectivity index (χ1n) is 9.59. The molecule has 1 atom stereocenters. The van der Waals surface area contributed by atoms with Gasteiger partial charge in [0.2, 0.25) is 0 Å². The van der Waals surface area contributed by atoms with Gasteiger partial charge < -0.3 is 14.9 Å². The predicted octanol–water partition coefficient (Wildman–Crippen LogP) is 1.95. The van der Waals surface area contributed by atoms with Crippen molar-refractivity contribution in [2.75, 3.05) is 27.2 Å². The number of Topliss-reactive ketones (excluding diaryl/α,β-unsaturated/α-hetero) is 1. The Bertz CT molecular complexity index is 886. The minimum Gasteiger partial charge on any atom is -0.507 e. The summed E-state index contributed by atoms with van der Waals surface area (Å²) in [4.78, 5) is 28.6. The van der Waals surface area contributed by atoms with E-state index in [0.717, 1.165) is 24.1 Å². The van der Waals surface area contributed by atoms with Crippen LogP contribution in [0.25, 0.3) is 5.76 Å². The fourth-order valence-corrected chi connectivity index (χ4v) is 3.56. The van der Waals surface area contributed by atoms with E-state index in [1.54, 1.807) is 29.2 Å². The summed E-state index contributed by atoms with van der Waals surface area (Å²) in [5.74, 6) is -1.29. The van der Waals surface area contributed by atoms with Gasteiger partial charge in [0.15, 0.2) is 0 Å². The van der Waals surface area contributed by atoms with E-state index in [0.29, 0.717) is 12.1 Å². The van der Waals surface area contributed by atoms with Gasteiger partial charge in [0, 0.05) is 18.5 Å². The van der Waals surface area contributed by atoms with Crippen LogP contribution in [0.5, 0.6) is 0 Å². The van der Waals surface area contributed by atoms with E-state index in [1.165, 1.54) is 4.90 Å². The van der Waals surface area contributed by atoms with Crippen LogP contribution < -0.4 is 4.90 Å². The van der Waals surface area contributed by atoms with Crippen molar-refractivity contribution in [1.29, 1.82) is 0 Å². The zero-order valence-corrected chi connectivity index (χ0v) is 16.6. The Hall–Kier alpha value is -2.92. The second kappa shape index (κ2) is 8.40. The molecule has 1 saturated heterocycles. The fourth-order valence-electron chi connectivity index (χ4n) is 3.56. The molecule has 1 heterocycles. The number of quaternary nitrogens is 1. The summed E-state index contributed by atoms with van der Waals surface area (Å²) in [6, 6.07) is 16.1. The van der Waals surface area contributed by atoms with Crippen LogP contribution in [0, 0.1) is 6.92 Å². The number of ketones is 1. The molecule has 5 nitrogen and oxygen atoms in total. The Labute approximate surface area is 165 Å². The normalized spacial score (nSPS) is 18.9. The first kappa shape index (κ1) is 19.8. The highest BCUT2D eigenvalue weighted by molar-refractivity contribution is 6.46. The highest BCUT2D eigenvalue weighted by atomic mass is 16.3. The molecule has 0 radical (unpaired) electrons. The van der Waals surface area contributed by atoms with Gasteiger partial charge in [-0.25, -0.2) is 0 Å². The molecule has 0 saturated carbocycles. The number of aliphatic hydroxyl groups excluding tert-OH is 1. The van der Waals surface area contributed by atoms with Gasteiger partial charge in [-0.1, -0.05) is 60.2 Å². The Kier molecular flexibility index (Phi) is 5.95. The monoisotopic (exact) mass is 379 g/mol. The van der Waals surface area contributed by atoms with E-state index >= 15 is 0 Å². The van der Waals surface area contributed by atoms with Crippen molar-refractivity contribution in [2.24, 2.45) is 0 Å². The molecule has 5 heteroatoms. The van der Waals surface area contributed by atoms with E-state index in [-0.39, 0.29) is 11.3 Å². The molecule has 1 aliphatic heterocycles. The minimum absolute atomic E-state index is 0.120. The number of hydrogen-bond donors (Lipinski definition) is 2. The van der Waals surface area contributed by atoms with Crippen molar-refractivity contribution >= 4 is 17.4 Å². The van der Waals surface area contributed by atoms with Crippen LogP contribution >= 0.6 is 0 Å². The number of likely N-dealkylation sites (tertiary alicyclic amines) is 1. The van der Waals surface area contributed by atoms with Gasteiger partial charge >= 0.3 is 0 Å². The highest BCUT2D eigenvalue weighted by Gasteiger charge is 2.45. The molecule has 28 heavy (non-hydrogen) atoms. The largest absolute Gasteiger partial charge is 0.507 e. The second-order valence-electron chi connectivity index (χ2n) is 7.58. The summed E-state index contributed by atoms with van der Waals surface area (Å²) >= 11 is 0. The van der Waals surface area contributed by atoms with Crippen LogP contribution in [0.4, 0.5) is 0 Å². The fraction of sp³-hybridized carbons (Fsp3) is 0.304. The molecular weight excluding hydrogens is 352 g/mol. The first-order valence-corrected chi connectivity index (χ1v) is 9.59. The number of carbonyl (C=O) groups excluding carboxylic acids is 2. The van der Waals surface area contributed by atoms with Crippen molar-refractivity contribution in [3.8, 4) is 0 Å². The standard InChI is InChI=1S/C23H26N2O3/c1-16-10-12-17(13-11-16)20-19(21(26)18-8-5-4-6-9-18)22(27)23(28)25(20)15-7-14-24(2)3/h4-6,8-13,20,26H,7,14-15H2,1-3H3/p+1/t20-/m1/s1. The quantitative estimate of drug-likeness (QED) is 0.458. The lowest BCUT2D eigenvalue weighted by Crippen LogP contribution is -3.05. The lowest BCUT2D eigenvalue weighted by Gasteiger charge is -2.25. The Morgan fingerprint density at radius 1 is 1.04 bits per heavy atom. The van der Waals surface area contributed by atoms with Crippen LogP contribution in [-0.4, -0.2) is 48.9 Å². The third-order valence-electron chi connectivity index (χ3n) is 5.06. The molecular formula is C23H27N2O3+. The average Bonchev–Trinajstić information content (AvgIpc) is 2.93. The molecule has 0 aliphatic carbocycles. The number of aryl methyl sites for hydroxylation is 1. The summed E-state index contributed by atoms with van der Waals surface area (Å²) in [6.45, 7) is 3.35. The molecule has 146 valence electrons. The number of aliphatic hydroxyl groups is 1. The van der Waals surface area contributed by atoms with Crippen LogP contribution in [0.2, 0.25) is 0 Å². The molecule has 1 fully saturated rings. The highest BCUT2D eigenvalue weighted by Crippen LogP contribution is 2.39. The maximum absolute atomic E-state index is 12.9. The van der Waals surface area contributed by atoms with Crippen molar-refractivity contribution in [3.05, 3.63) is 76.9 Å². The van der Waals surface area contributed by atoms with Crippen LogP contribution in [-0.2, 0) is 9.59 Å². The Morgan fingerprint density at radius 2 is 1.68 bits per heavy atom. The van der Waals surface area contributed by atoms with Crippen LogP contribution in [0.3, 0.4) is 0 Å². The van der Waals surface area contributed by atoms with E-state index in [1.807, 2.05) is 37.3 Å². The van der Waals surface area contributed by atoms with E-state index in [4.69, 9.17) is 0 Å². The molecule has 0 bridgehead atoms. The average molecular weight is 379 g/mol.